The molecule has 38 heavy (non-hydrogen) atoms. The molecule has 0 radical (unpaired) electrons. The molecule has 0 saturated heterocycles. The normalized spacial score (nSPS) is 9.71. The lowest BCUT2D eigenvalue weighted by Gasteiger charge is -2.25. The molecule has 0 aliphatic heterocycles. The van der Waals surface area contributed by atoms with Crippen LogP contribution in [0.25, 0.3) is 0 Å². The summed E-state index contributed by atoms with van der Waals surface area (Å²) in [6.45, 7) is 8.96. The van der Waals surface area contributed by atoms with Crippen molar-refractivity contribution in [1.82, 2.24) is 0 Å². The molecule has 0 fully saturated rings. The summed E-state index contributed by atoms with van der Waals surface area (Å²) in [6.07, 6.45) is 2.16. The first kappa shape index (κ1) is 31.0. The summed E-state index contributed by atoms with van der Waals surface area (Å²) in [5.74, 6) is -1.31. The van der Waals surface area contributed by atoms with Crippen molar-refractivity contribution in [2.45, 2.75) is 6.92 Å². The third-order valence-corrected chi connectivity index (χ3v) is 5.27. The molecule has 0 bridgehead atoms. The fraction of sp³-hybridized carbons (Fsp3) is 0.227. The number of nitrogens with two attached hydrogens (primary N) is 2. The number of hydrogen-bond acceptors (Lipinski definition) is 13. The van der Waals surface area contributed by atoms with E-state index in [0.717, 1.165) is 18.2 Å². The number of thiophene rings is 1. The maximum absolute atomic E-state index is 11.3. The van der Waals surface area contributed by atoms with Gasteiger partial charge in [-0.2, -0.15) is 0 Å². The van der Waals surface area contributed by atoms with Crippen molar-refractivity contribution in [3.63, 3.8) is 0 Å². The minimum atomic E-state index is -0.751. The first-order chi connectivity index (χ1) is 17.9. The maximum Gasteiger partial charge on any atom is 0.333 e. The molecule has 1 aromatic heterocycles. The molecule has 1 aromatic carbocycles. The Balaban J connectivity index is 0.000000499. The molecule has 15 nitrogen and oxygen atoms in total. The molecule has 0 atom stereocenters. The molecule has 16 heteroatoms. The lowest BCUT2D eigenvalue weighted by Crippen LogP contribution is -2.32. The van der Waals surface area contributed by atoms with E-state index in [1.807, 2.05) is 4.90 Å². The Labute approximate surface area is 220 Å². The summed E-state index contributed by atoms with van der Waals surface area (Å²) < 4.78 is 9.99. The van der Waals surface area contributed by atoms with Gasteiger partial charge in [0, 0.05) is 24.8 Å². The quantitative estimate of drug-likeness (QED) is 0.114. The van der Waals surface area contributed by atoms with Gasteiger partial charge in [-0.3, -0.25) is 25.0 Å². The van der Waals surface area contributed by atoms with Crippen molar-refractivity contribution in [2.24, 2.45) is 0 Å². The topological polar surface area (TPSA) is 223 Å². The Kier molecular flexibility index (Phi) is 12.4. The summed E-state index contributed by atoms with van der Waals surface area (Å²) in [7, 11) is 0. The van der Waals surface area contributed by atoms with Gasteiger partial charge in [0.1, 0.15) is 19.3 Å². The lowest BCUT2D eigenvalue weighted by molar-refractivity contribution is -0.389. The fourth-order valence-corrected chi connectivity index (χ4v) is 3.36. The van der Waals surface area contributed by atoms with Gasteiger partial charge < -0.3 is 31.2 Å². The zero-order chi connectivity index (χ0) is 28.8. The van der Waals surface area contributed by atoms with Crippen LogP contribution in [0, 0.1) is 20.2 Å². The van der Waals surface area contributed by atoms with Crippen molar-refractivity contribution < 1.29 is 33.7 Å². The molecular formula is C22H26N6O9S. The third kappa shape index (κ3) is 10.3. The summed E-state index contributed by atoms with van der Waals surface area (Å²) in [6, 6.07) is 5.95. The summed E-state index contributed by atoms with van der Waals surface area (Å²) in [4.78, 5) is 54.3. The van der Waals surface area contributed by atoms with E-state index in [9.17, 15) is 34.6 Å². The van der Waals surface area contributed by atoms with Crippen LogP contribution >= 0.6 is 11.3 Å². The Bertz CT molecular complexity index is 1190. The highest BCUT2D eigenvalue weighted by Gasteiger charge is 2.22. The van der Waals surface area contributed by atoms with Gasteiger partial charge in [-0.1, -0.05) is 13.2 Å². The molecule has 0 aliphatic rings. The van der Waals surface area contributed by atoms with Gasteiger partial charge in [-0.15, -0.1) is 0 Å². The van der Waals surface area contributed by atoms with Gasteiger partial charge in [0.2, 0.25) is 5.91 Å². The van der Waals surface area contributed by atoms with E-state index in [4.69, 9.17) is 20.9 Å². The molecule has 0 aliphatic carbocycles. The standard InChI is InChI=1S/C18H23N3O5.C4H3N3O4S/c1-4-17(23)25-10-8-21(9-11-26-18(24)5-2)14-6-7-15(19)16(12-14)20-13(3)22;5-4-2(6(8)9)1-3(12-4)7(10)11/h4-7,12H,1-2,8-11,19H2,3H3,(H,20,22);1H,5H2. The molecule has 0 spiro atoms. The predicted molar refractivity (Wildman–Crippen MR) is 142 cm³/mol. The summed E-state index contributed by atoms with van der Waals surface area (Å²) >= 11 is 0.588. The molecule has 1 heterocycles. The van der Waals surface area contributed by atoms with Crippen LogP contribution in [-0.4, -0.2) is 54.0 Å². The van der Waals surface area contributed by atoms with Crippen LogP contribution < -0.4 is 21.7 Å². The van der Waals surface area contributed by atoms with Crippen LogP contribution in [0.2, 0.25) is 0 Å². The Morgan fingerprint density at radius 2 is 1.58 bits per heavy atom. The van der Waals surface area contributed by atoms with Gasteiger partial charge in [-0.05, 0) is 29.5 Å². The second-order valence-corrected chi connectivity index (χ2v) is 8.09. The van der Waals surface area contributed by atoms with E-state index in [2.05, 4.69) is 18.5 Å². The van der Waals surface area contributed by atoms with Crippen LogP contribution in [-0.2, 0) is 23.9 Å². The van der Waals surface area contributed by atoms with Crippen molar-refractivity contribution in [3.8, 4) is 0 Å². The lowest BCUT2D eigenvalue weighted by atomic mass is 10.2. The van der Waals surface area contributed by atoms with Gasteiger partial charge in [0.15, 0.2) is 5.00 Å². The van der Waals surface area contributed by atoms with Crippen LogP contribution in [0.3, 0.4) is 0 Å². The average Bonchev–Trinajstić information content (AvgIpc) is 3.26. The highest BCUT2D eigenvalue weighted by molar-refractivity contribution is 7.19. The van der Waals surface area contributed by atoms with Crippen LogP contribution in [0.1, 0.15) is 6.92 Å². The maximum atomic E-state index is 11.3. The molecule has 0 unspecified atom stereocenters. The molecule has 0 saturated carbocycles. The zero-order valence-corrected chi connectivity index (χ0v) is 21.1. The summed E-state index contributed by atoms with van der Waals surface area (Å²) in [5.41, 5.74) is 12.2. The number of carbonyl (C=O) groups is 3. The first-order valence-electron chi connectivity index (χ1n) is 10.6. The molecule has 204 valence electrons. The van der Waals surface area contributed by atoms with Gasteiger partial charge >= 0.3 is 22.6 Å². The monoisotopic (exact) mass is 550 g/mol. The number of rotatable bonds is 12. The molecule has 2 aromatic rings. The number of nitro groups is 2. The molecule has 5 N–H and O–H groups in total. The van der Waals surface area contributed by atoms with E-state index in [1.165, 1.54) is 6.92 Å². The number of hydrogen-bond donors (Lipinski definition) is 3. The smallest absolute Gasteiger partial charge is 0.333 e. The molecule has 1 amide bonds. The summed E-state index contributed by atoms with van der Waals surface area (Å²) in [5, 5.41) is 22.5. The predicted octanol–water partition coefficient (Wildman–Crippen LogP) is 2.64. The third-order valence-electron chi connectivity index (χ3n) is 4.36. The highest BCUT2D eigenvalue weighted by Crippen LogP contribution is 2.36. The molecular weight excluding hydrogens is 524 g/mol. The fourth-order valence-electron chi connectivity index (χ4n) is 2.65. The second-order valence-electron chi connectivity index (χ2n) is 7.03. The number of amides is 1. The van der Waals surface area contributed by atoms with Crippen molar-refractivity contribution in [1.29, 1.82) is 0 Å². The number of benzene rings is 1. The number of nitrogen functional groups attached to an aromatic ring is 2. The number of nitrogens with zero attached hydrogens (tertiary/aromatic N) is 3. The van der Waals surface area contributed by atoms with Crippen molar-refractivity contribution in [2.75, 3.05) is 48.0 Å². The van der Waals surface area contributed by atoms with E-state index >= 15 is 0 Å². The van der Waals surface area contributed by atoms with E-state index in [1.54, 1.807) is 18.2 Å². The van der Waals surface area contributed by atoms with Gasteiger partial charge in [-0.25, -0.2) is 9.59 Å². The zero-order valence-electron chi connectivity index (χ0n) is 20.3. The number of nitrogens with one attached hydrogen (secondary N) is 1. The number of esters is 2. The number of ether oxygens (including phenoxy) is 2. The number of anilines is 4. The Hall–Kier alpha value is -4.99. The van der Waals surface area contributed by atoms with Gasteiger partial charge in [0.25, 0.3) is 0 Å². The van der Waals surface area contributed by atoms with Gasteiger partial charge in [0.05, 0.1) is 34.3 Å². The first-order valence-corrected chi connectivity index (χ1v) is 11.4. The van der Waals surface area contributed by atoms with Crippen molar-refractivity contribution >= 4 is 61.9 Å². The largest absolute Gasteiger partial charge is 0.461 e. The van der Waals surface area contributed by atoms with E-state index in [-0.39, 0.29) is 29.1 Å². The molecule has 2 rings (SSSR count). The Morgan fingerprint density at radius 3 is 1.97 bits per heavy atom. The second kappa shape index (κ2) is 15.2. The van der Waals surface area contributed by atoms with E-state index in [0.29, 0.717) is 41.5 Å². The SMILES string of the molecule is C=CC(=O)OCCN(CCOC(=O)C=C)c1ccc(N)c(NC(C)=O)c1.Nc1sc([N+](=O)[O-])cc1[N+](=O)[O-]. The van der Waals surface area contributed by atoms with E-state index < -0.39 is 27.5 Å². The minimum absolute atomic E-state index is 0.111. The van der Waals surface area contributed by atoms with Crippen LogP contribution in [0.4, 0.5) is 32.8 Å². The minimum Gasteiger partial charge on any atom is -0.461 e. The van der Waals surface area contributed by atoms with Crippen LogP contribution in [0.5, 0.6) is 0 Å². The Morgan fingerprint density at radius 1 is 1.03 bits per heavy atom. The average molecular weight is 551 g/mol. The highest BCUT2D eigenvalue weighted by atomic mass is 32.1. The van der Waals surface area contributed by atoms with Crippen LogP contribution in [0.15, 0.2) is 49.6 Å². The van der Waals surface area contributed by atoms with Crippen molar-refractivity contribution in [3.05, 3.63) is 69.8 Å². The number of carbonyl (C=O) groups excluding carboxylic acids is 3.